The normalized spacial score (nSPS) is 10.5. The van der Waals surface area contributed by atoms with E-state index in [9.17, 15) is 0 Å². The number of aryl methyl sites for hydroxylation is 2. The first-order valence-corrected chi connectivity index (χ1v) is 5.70. The highest BCUT2D eigenvalue weighted by Crippen LogP contribution is 2.26. The zero-order chi connectivity index (χ0) is 12.3. The highest BCUT2D eigenvalue weighted by atomic mass is 15.0. The second kappa shape index (κ2) is 4.91. The van der Waals surface area contributed by atoms with Crippen LogP contribution in [0.15, 0.2) is 53.6 Å². The Morgan fingerprint density at radius 3 is 1.41 bits per heavy atom. The molecule has 2 aromatic rings. The molecule has 2 rings (SSSR count). The molecular weight excluding hydrogens is 208 g/mol. The standard InChI is InChI=1S/C15H16N2/c1-11-3-7-13(8-4-11)15(17-16)14-9-5-12(2)6-10-14/h3-10,15-16H,1-2H3. The zero-order valence-electron chi connectivity index (χ0n) is 10.1. The molecule has 0 aliphatic rings. The van der Waals surface area contributed by atoms with Crippen LogP contribution < -0.4 is 0 Å². The molecule has 0 unspecified atom stereocenters. The second-order valence-electron chi connectivity index (χ2n) is 4.35. The van der Waals surface area contributed by atoms with E-state index in [1.165, 1.54) is 11.1 Å². The fraction of sp³-hybridized carbons (Fsp3) is 0.200. The first-order valence-electron chi connectivity index (χ1n) is 5.70. The highest BCUT2D eigenvalue weighted by molar-refractivity contribution is 5.34. The molecular formula is C15H16N2. The number of benzene rings is 2. The fourth-order valence-electron chi connectivity index (χ4n) is 1.84. The molecule has 17 heavy (non-hydrogen) atoms. The predicted molar refractivity (Wildman–Crippen MR) is 69.3 cm³/mol. The minimum atomic E-state index is -0.184. The fourth-order valence-corrected chi connectivity index (χ4v) is 1.84. The summed E-state index contributed by atoms with van der Waals surface area (Å²) >= 11 is 0. The molecule has 0 spiro atoms. The van der Waals surface area contributed by atoms with Crippen LogP contribution in [-0.2, 0) is 0 Å². The molecule has 0 aromatic heterocycles. The number of rotatable bonds is 3. The van der Waals surface area contributed by atoms with Crippen LogP contribution in [0.3, 0.4) is 0 Å². The van der Waals surface area contributed by atoms with Crippen LogP contribution in [0.5, 0.6) is 0 Å². The Morgan fingerprint density at radius 2 is 1.12 bits per heavy atom. The third-order valence-corrected chi connectivity index (χ3v) is 2.92. The molecule has 0 saturated carbocycles. The molecule has 2 nitrogen and oxygen atoms in total. The average Bonchev–Trinajstić information content (AvgIpc) is 2.35. The molecule has 0 aliphatic carbocycles. The number of hydrogen-bond acceptors (Lipinski definition) is 2. The minimum Gasteiger partial charge on any atom is -0.209 e. The first-order chi connectivity index (χ1) is 8.20. The summed E-state index contributed by atoms with van der Waals surface area (Å²) in [6.07, 6.45) is 0. The van der Waals surface area contributed by atoms with Crippen LogP contribution in [0.25, 0.3) is 0 Å². The predicted octanol–water partition coefficient (Wildman–Crippen LogP) is 4.42. The molecule has 2 aromatic carbocycles. The van der Waals surface area contributed by atoms with Crippen LogP contribution in [0, 0.1) is 19.4 Å². The maximum atomic E-state index is 7.37. The van der Waals surface area contributed by atoms with E-state index in [2.05, 4.69) is 43.2 Å². The minimum absolute atomic E-state index is 0.184. The molecule has 0 aliphatic heterocycles. The molecule has 0 heterocycles. The highest BCUT2D eigenvalue weighted by Gasteiger charge is 2.11. The van der Waals surface area contributed by atoms with E-state index in [0.717, 1.165) is 11.1 Å². The Balaban J connectivity index is 2.36. The third-order valence-electron chi connectivity index (χ3n) is 2.92. The molecule has 0 fully saturated rings. The summed E-state index contributed by atoms with van der Waals surface area (Å²) < 4.78 is 0. The van der Waals surface area contributed by atoms with Gasteiger partial charge in [-0.2, -0.15) is 5.11 Å². The summed E-state index contributed by atoms with van der Waals surface area (Å²) in [5.41, 5.74) is 11.9. The SMILES string of the molecule is Cc1ccc(C(N=N)c2ccc(C)cc2)cc1. The van der Waals surface area contributed by atoms with Gasteiger partial charge in [0.15, 0.2) is 0 Å². The van der Waals surface area contributed by atoms with Gasteiger partial charge in [0.25, 0.3) is 0 Å². The van der Waals surface area contributed by atoms with E-state index in [1.54, 1.807) is 0 Å². The Bertz CT molecular complexity index is 452. The summed E-state index contributed by atoms with van der Waals surface area (Å²) in [7, 11) is 0. The Morgan fingerprint density at radius 1 is 0.765 bits per heavy atom. The van der Waals surface area contributed by atoms with Gasteiger partial charge in [0.05, 0.1) is 0 Å². The lowest BCUT2D eigenvalue weighted by atomic mass is 9.98. The van der Waals surface area contributed by atoms with Crippen molar-refractivity contribution >= 4 is 0 Å². The van der Waals surface area contributed by atoms with Gasteiger partial charge in [-0.3, -0.25) is 0 Å². The van der Waals surface area contributed by atoms with E-state index < -0.39 is 0 Å². The van der Waals surface area contributed by atoms with Crippen molar-refractivity contribution in [1.29, 1.82) is 5.53 Å². The van der Waals surface area contributed by atoms with E-state index in [-0.39, 0.29) is 6.04 Å². The van der Waals surface area contributed by atoms with Crippen molar-refractivity contribution in [2.75, 3.05) is 0 Å². The summed E-state index contributed by atoms with van der Waals surface area (Å²) in [6, 6.07) is 16.2. The summed E-state index contributed by atoms with van der Waals surface area (Å²) in [4.78, 5) is 0. The van der Waals surface area contributed by atoms with Gasteiger partial charge in [-0.05, 0) is 25.0 Å². The van der Waals surface area contributed by atoms with Crippen molar-refractivity contribution in [1.82, 2.24) is 0 Å². The largest absolute Gasteiger partial charge is 0.209 e. The number of nitrogens with zero attached hydrogens (tertiary/aromatic N) is 1. The van der Waals surface area contributed by atoms with Gasteiger partial charge in [-0.1, -0.05) is 59.7 Å². The van der Waals surface area contributed by atoms with Gasteiger partial charge in [0.1, 0.15) is 6.04 Å². The summed E-state index contributed by atoms with van der Waals surface area (Å²) in [5.74, 6) is 0. The molecule has 0 atom stereocenters. The molecule has 0 radical (unpaired) electrons. The lowest BCUT2D eigenvalue weighted by Gasteiger charge is -2.12. The molecule has 0 amide bonds. The van der Waals surface area contributed by atoms with Crippen LogP contribution >= 0.6 is 0 Å². The molecule has 2 heteroatoms. The van der Waals surface area contributed by atoms with Crippen LogP contribution in [0.1, 0.15) is 28.3 Å². The lowest BCUT2D eigenvalue weighted by Crippen LogP contribution is -1.97. The van der Waals surface area contributed by atoms with Gasteiger partial charge in [0, 0.05) is 0 Å². The first kappa shape index (κ1) is 11.5. The van der Waals surface area contributed by atoms with E-state index in [1.807, 2.05) is 24.3 Å². The van der Waals surface area contributed by atoms with Gasteiger partial charge >= 0.3 is 0 Å². The van der Waals surface area contributed by atoms with Gasteiger partial charge in [-0.25, -0.2) is 5.53 Å². The molecule has 0 bridgehead atoms. The summed E-state index contributed by atoms with van der Waals surface area (Å²) in [5, 5.41) is 3.74. The quantitative estimate of drug-likeness (QED) is 0.749. The van der Waals surface area contributed by atoms with E-state index in [4.69, 9.17) is 5.53 Å². The Kier molecular flexibility index (Phi) is 3.33. The van der Waals surface area contributed by atoms with Gasteiger partial charge in [-0.15, -0.1) is 0 Å². The average molecular weight is 224 g/mol. The Labute approximate surface area is 102 Å². The maximum Gasteiger partial charge on any atom is 0.121 e. The Hall–Kier alpha value is -1.96. The van der Waals surface area contributed by atoms with Crippen molar-refractivity contribution in [2.24, 2.45) is 5.11 Å². The van der Waals surface area contributed by atoms with Crippen molar-refractivity contribution in [3.05, 3.63) is 70.8 Å². The van der Waals surface area contributed by atoms with E-state index >= 15 is 0 Å². The van der Waals surface area contributed by atoms with Crippen molar-refractivity contribution in [2.45, 2.75) is 19.9 Å². The zero-order valence-corrected chi connectivity index (χ0v) is 10.1. The smallest absolute Gasteiger partial charge is 0.121 e. The summed E-state index contributed by atoms with van der Waals surface area (Å²) in [6.45, 7) is 4.12. The second-order valence-corrected chi connectivity index (χ2v) is 4.35. The maximum absolute atomic E-state index is 7.37. The third kappa shape index (κ3) is 2.59. The van der Waals surface area contributed by atoms with Crippen molar-refractivity contribution in [3.8, 4) is 0 Å². The molecule has 1 N–H and O–H groups in total. The van der Waals surface area contributed by atoms with Crippen LogP contribution in [0.2, 0.25) is 0 Å². The molecule has 0 saturated heterocycles. The monoisotopic (exact) mass is 224 g/mol. The lowest BCUT2D eigenvalue weighted by molar-refractivity contribution is 0.775. The number of hydrogen-bond donors (Lipinski definition) is 1. The van der Waals surface area contributed by atoms with Crippen LogP contribution in [-0.4, -0.2) is 0 Å². The van der Waals surface area contributed by atoms with E-state index in [0.29, 0.717) is 0 Å². The van der Waals surface area contributed by atoms with Crippen molar-refractivity contribution < 1.29 is 0 Å². The van der Waals surface area contributed by atoms with Gasteiger partial charge < -0.3 is 0 Å². The number of nitrogens with one attached hydrogen (secondary N) is 1. The van der Waals surface area contributed by atoms with Crippen LogP contribution in [0.4, 0.5) is 0 Å². The molecule has 86 valence electrons. The van der Waals surface area contributed by atoms with Crippen molar-refractivity contribution in [3.63, 3.8) is 0 Å². The van der Waals surface area contributed by atoms with Gasteiger partial charge in [0.2, 0.25) is 0 Å². The topological polar surface area (TPSA) is 36.2 Å².